The van der Waals surface area contributed by atoms with E-state index >= 15 is 0 Å². The van der Waals surface area contributed by atoms with Gasteiger partial charge in [-0.2, -0.15) is 0 Å². The van der Waals surface area contributed by atoms with Gasteiger partial charge in [0.25, 0.3) is 5.91 Å². The van der Waals surface area contributed by atoms with E-state index in [-0.39, 0.29) is 30.1 Å². The van der Waals surface area contributed by atoms with E-state index in [0.29, 0.717) is 29.8 Å². The Balaban J connectivity index is 0.00000552. The van der Waals surface area contributed by atoms with Crippen LogP contribution in [-0.4, -0.2) is 71.2 Å². The van der Waals surface area contributed by atoms with Crippen LogP contribution in [0.1, 0.15) is 116 Å². The Labute approximate surface area is 275 Å². The van der Waals surface area contributed by atoms with Crippen LogP contribution < -0.4 is 0 Å². The first-order valence-corrected chi connectivity index (χ1v) is 16.8. The van der Waals surface area contributed by atoms with Crippen molar-refractivity contribution in [2.24, 2.45) is 0 Å². The average Bonchev–Trinajstić information content (AvgIpc) is 3.69. The van der Waals surface area contributed by atoms with Crippen LogP contribution in [0.25, 0.3) is 5.52 Å². The van der Waals surface area contributed by atoms with Gasteiger partial charge in [-0.1, -0.05) is 64.3 Å². The van der Waals surface area contributed by atoms with Crippen molar-refractivity contribution < 1.29 is 19.1 Å². The van der Waals surface area contributed by atoms with Gasteiger partial charge in [-0.15, -0.1) is 12.4 Å². The number of fused-ring (bicyclic) bond motifs is 1. The number of pyridine rings is 1. The summed E-state index contributed by atoms with van der Waals surface area (Å²) in [5.41, 5.74) is 4.92. The van der Waals surface area contributed by atoms with Crippen molar-refractivity contribution in [2.45, 2.75) is 97.4 Å². The lowest BCUT2D eigenvalue weighted by Gasteiger charge is -2.22. The Kier molecular flexibility index (Phi) is 14.6. The second-order valence-electron chi connectivity index (χ2n) is 12.2. The number of esters is 1. The van der Waals surface area contributed by atoms with E-state index in [1.165, 1.54) is 51.4 Å². The fourth-order valence-corrected chi connectivity index (χ4v) is 6.30. The number of benzene rings is 1. The number of likely N-dealkylation sites (tertiary alicyclic amines) is 1. The largest absolute Gasteiger partial charge is 0.467 e. The molecule has 1 aliphatic heterocycles. The van der Waals surface area contributed by atoms with E-state index in [4.69, 9.17) is 4.74 Å². The van der Waals surface area contributed by atoms with Crippen molar-refractivity contribution >= 4 is 35.6 Å². The first kappa shape index (κ1) is 36.3. The normalized spacial score (nSPS) is 14.6. The van der Waals surface area contributed by atoms with Crippen LogP contribution in [-0.2, 0) is 22.4 Å². The Hall–Kier alpha value is -3.16. The van der Waals surface area contributed by atoms with Gasteiger partial charge in [-0.3, -0.25) is 9.59 Å². The third-order valence-electron chi connectivity index (χ3n) is 8.91. The Morgan fingerprint density at radius 3 is 2.16 bits per heavy atom. The number of ketones is 1. The topological polar surface area (TPSA) is 71.3 Å². The summed E-state index contributed by atoms with van der Waals surface area (Å²) in [6.45, 7) is 10.6. The third kappa shape index (κ3) is 9.20. The van der Waals surface area contributed by atoms with Crippen molar-refractivity contribution in [3.05, 3.63) is 76.6 Å². The molecule has 0 bridgehead atoms. The monoisotopic (exact) mass is 637 g/mol. The van der Waals surface area contributed by atoms with Gasteiger partial charge >= 0.3 is 5.97 Å². The molecule has 1 aromatic carbocycles. The summed E-state index contributed by atoms with van der Waals surface area (Å²) >= 11 is 0. The highest BCUT2D eigenvalue weighted by Gasteiger charge is 2.35. The summed E-state index contributed by atoms with van der Waals surface area (Å²) in [5, 5.41) is 0. The molecule has 0 unspecified atom stereocenters. The number of aryl methyl sites for hydroxylation is 2. The molecule has 1 fully saturated rings. The Morgan fingerprint density at radius 1 is 0.844 bits per heavy atom. The molecule has 0 spiro atoms. The summed E-state index contributed by atoms with van der Waals surface area (Å²) in [4.78, 5) is 43.8. The number of hydrogen-bond donors (Lipinski definition) is 0. The summed E-state index contributed by atoms with van der Waals surface area (Å²) in [6, 6.07) is 13.2. The highest BCUT2D eigenvalue weighted by Crippen LogP contribution is 2.26. The number of aromatic nitrogens is 1. The Bertz CT molecular complexity index is 1390. The van der Waals surface area contributed by atoms with Gasteiger partial charge in [-0.05, 0) is 100 Å². The third-order valence-corrected chi connectivity index (χ3v) is 8.91. The van der Waals surface area contributed by atoms with Gasteiger partial charge < -0.3 is 18.9 Å². The molecule has 3 heterocycles. The number of methoxy groups -OCH3 is 1. The molecule has 8 heteroatoms. The van der Waals surface area contributed by atoms with Crippen LogP contribution >= 0.6 is 12.4 Å². The van der Waals surface area contributed by atoms with Crippen LogP contribution in [0.2, 0.25) is 0 Å². The maximum absolute atomic E-state index is 13.9. The molecule has 1 amide bonds. The maximum Gasteiger partial charge on any atom is 0.328 e. The van der Waals surface area contributed by atoms with Crippen LogP contribution in [0.15, 0.2) is 48.7 Å². The predicted octanol–water partition coefficient (Wildman–Crippen LogP) is 7.55. The number of carbonyl (C=O) groups excluding carboxylic acids is 3. The lowest BCUT2D eigenvalue weighted by molar-refractivity contribution is -0.145. The van der Waals surface area contributed by atoms with E-state index in [2.05, 4.69) is 37.8 Å². The molecular formula is C37H52ClN3O4. The van der Waals surface area contributed by atoms with Crippen molar-refractivity contribution in [2.75, 3.05) is 33.3 Å². The van der Waals surface area contributed by atoms with Crippen LogP contribution in [0.3, 0.4) is 0 Å². The first-order valence-electron chi connectivity index (χ1n) is 16.8. The predicted molar refractivity (Wildman–Crippen MR) is 184 cm³/mol. The molecular weight excluding hydrogens is 586 g/mol. The van der Waals surface area contributed by atoms with Crippen molar-refractivity contribution in [1.82, 2.24) is 14.2 Å². The van der Waals surface area contributed by atoms with E-state index in [0.717, 1.165) is 56.1 Å². The van der Waals surface area contributed by atoms with E-state index in [1.807, 2.05) is 34.9 Å². The van der Waals surface area contributed by atoms with Gasteiger partial charge in [0.1, 0.15) is 6.04 Å². The summed E-state index contributed by atoms with van der Waals surface area (Å²) < 4.78 is 6.85. The quantitative estimate of drug-likeness (QED) is 0.113. The van der Waals surface area contributed by atoms with E-state index in [9.17, 15) is 14.4 Å². The molecule has 0 N–H and O–H groups in total. The number of unbranched alkanes of at least 4 members (excludes halogenated alkanes) is 3. The van der Waals surface area contributed by atoms with Gasteiger partial charge in [0.05, 0.1) is 12.8 Å². The van der Waals surface area contributed by atoms with Crippen LogP contribution in [0.4, 0.5) is 0 Å². The highest BCUT2D eigenvalue weighted by atomic mass is 35.5. The van der Waals surface area contributed by atoms with Crippen LogP contribution in [0.5, 0.6) is 0 Å². The molecule has 3 aromatic rings. The highest BCUT2D eigenvalue weighted by molar-refractivity contribution is 6.10. The zero-order valence-corrected chi connectivity index (χ0v) is 28.5. The lowest BCUT2D eigenvalue weighted by Crippen LogP contribution is -2.41. The number of rotatable bonds is 17. The molecule has 7 nitrogen and oxygen atoms in total. The van der Waals surface area contributed by atoms with Crippen molar-refractivity contribution in [3.8, 4) is 0 Å². The van der Waals surface area contributed by atoms with Gasteiger partial charge in [0, 0.05) is 29.4 Å². The smallest absolute Gasteiger partial charge is 0.328 e. The minimum Gasteiger partial charge on any atom is -0.467 e. The van der Waals surface area contributed by atoms with Crippen molar-refractivity contribution in [3.63, 3.8) is 0 Å². The zero-order chi connectivity index (χ0) is 31.5. The summed E-state index contributed by atoms with van der Waals surface area (Å²) in [5.74, 6) is -0.558. The molecule has 1 atom stereocenters. The van der Waals surface area contributed by atoms with Crippen molar-refractivity contribution in [1.29, 1.82) is 0 Å². The number of ether oxygens (including phenoxy) is 1. The molecule has 246 valence electrons. The molecule has 0 saturated carbocycles. The second kappa shape index (κ2) is 18.1. The number of amides is 1. The van der Waals surface area contributed by atoms with E-state index in [1.54, 1.807) is 11.0 Å². The minimum atomic E-state index is -0.545. The average molecular weight is 638 g/mol. The maximum atomic E-state index is 13.9. The number of nitrogens with zero attached hydrogens (tertiary/aromatic N) is 3. The fraction of sp³-hybridized carbons (Fsp3) is 0.541. The molecule has 0 radical (unpaired) electrons. The van der Waals surface area contributed by atoms with Gasteiger partial charge in [0.15, 0.2) is 0 Å². The first-order chi connectivity index (χ1) is 21.4. The van der Waals surface area contributed by atoms with E-state index < -0.39 is 6.04 Å². The fourth-order valence-electron chi connectivity index (χ4n) is 6.30. The minimum absolute atomic E-state index is 0. The lowest BCUT2D eigenvalue weighted by atomic mass is 10.00. The SMILES string of the molecule is CCCCc1cc2cc(C(=O)N3CCC[C@@H]3C(=O)OC)ccn2c1C(=O)c1ccc(CCCN(CCCC)CCCC)cc1.Cl. The van der Waals surface area contributed by atoms with Gasteiger partial charge in [0.2, 0.25) is 5.78 Å². The Morgan fingerprint density at radius 2 is 1.51 bits per heavy atom. The molecule has 0 aliphatic carbocycles. The van der Waals surface area contributed by atoms with Crippen LogP contribution in [0, 0.1) is 0 Å². The standard InChI is InChI=1S/C37H51N3O4.ClH/c1-5-8-14-30-26-32-27-31(36(42)40-24-12-15-33(40)37(43)44-4)20-25-39(32)34(30)35(41)29-18-16-28(17-19-29)13-11-23-38(21-9-6-2)22-10-7-3;/h16-20,25-27,33H,5-15,21-24H2,1-4H3;1H/t33-;/m1./s1. The molecule has 1 saturated heterocycles. The number of carbonyl (C=O) groups is 3. The molecule has 45 heavy (non-hydrogen) atoms. The summed E-state index contributed by atoms with van der Waals surface area (Å²) in [6.07, 6.45) is 13.1. The zero-order valence-electron chi connectivity index (χ0n) is 27.7. The number of halogens is 1. The molecule has 2 aromatic heterocycles. The van der Waals surface area contributed by atoms with Gasteiger partial charge in [-0.25, -0.2) is 4.79 Å². The summed E-state index contributed by atoms with van der Waals surface area (Å²) in [7, 11) is 1.36. The second-order valence-corrected chi connectivity index (χ2v) is 12.2. The number of hydrogen-bond acceptors (Lipinski definition) is 5. The molecule has 4 rings (SSSR count). The molecule has 1 aliphatic rings.